The Morgan fingerprint density at radius 2 is 2.11 bits per heavy atom. The van der Waals surface area contributed by atoms with E-state index in [1.165, 1.54) is 0 Å². The van der Waals surface area contributed by atoms with Gasteiger partial charge < -0.3 is 10.0 Å². The van der Waals surface area contributed by atoms with Crippen molar-refractivity contribution in [1.29, 1.82) is 0 Å². The molecule has 0 aliphatic carbocycles. The fraction of sp³-hybridized carbons (Fsp3) is 0.455. The van der Waals surface area contributed by atoms with Gasteiger partial charge in [0.2, 0.25) is 5.82 Å². The first kappa shape index (κ1) is 12.2. The van der Waals surface area contributed by atoms with E-state index < -0.39 is 5.97 Å². The van der Waals surface area contributed by atoms with Gasteiger partial charge in [-0.3, -0.25) is 4.68 Å². The highest BCUT2D eigenvalue weighted by Crippen LogP contribution is 2.25. The quantitative estimate of drug-likeness (QED) is 0.862. The minimum atomic E-state index is -1.12. The first-order valence-corrected chi connectivity index (χ1v) is 7.08. The van der Waals surface area contributed by atoms with E-state index in [0.717, 1.165) is 30.0 Å². The molecule has 0 bridgehead atoms. The van der Waals surface area contributed by atoms with Gasteiger partial charge in [-0.05, 0) is 0 Å². The van der Waals surface area contributed by atoms with Crippen molar-refractivity contribution in [2.24, 2.45) is 7.05 Å². The third-order valence-electron chi connectivity index (χ3n) is 3.07. The maximum atomic E-state index is 11.1. The van der Waals surface area contributed by atoms with Crippen LogP contribution in [0.15, 0.2) is 6.20 Å². The Hall–Kier alpha value is -1.83. The van der Waals surface area contributed by atoms with Crippen molar-refractivity contribution in [2.75, 3.05) is 29.5 Å². The molecule has 7 nitrogen and oxygen atoms in total. The fourth-order valence-corrected chi connectivity index (χ4v) is 3.02. The van der Waals surface area contributed by atoms with Crippen molar-refractivity contribution < 1.29 is 9.90 Å². The van der Waals surface area contributed by atoms with Crippen LogP contribution in [-0.2, 0) is 7.05 Å². The molecule has 3 rings (SSSR count). The largest absolute Gasteiger partial charge is 0.475 e. The number of hydrogen-bond acceptors (Lipinski definition) is 6. The monoisotopic (exact) mass is 279 g/mol. The van der Waals surface area contributed by atoms with Crippen LogP contribution in [0.1, 0.15) is 10.6 Å². The molecule has 2 aromatic rings. The van der Waals surface area contributed by atoms with Crippen LogP contribution in [0, 0.1) is 0 Å². The molecule has 0 radical (unpaired) electrons. The van der Waals surface area contributed by atoms with E-state index in [4.69, 9.17) is 5.11 Å². The molecular formula is C11H13N5O2S. The van der Waals surface area contributed by atoms with Gasteiger partial charge in [-0.2, -0.15) is 16.9 Å². The second-order valence-electron chi connectivity index (χ2n) is 4.28. The second-order valence-corrected chi connectivity index (χ2v) is 5.51. The highest BCUT2D eigenvalue weighted by atomic mass is 32.2. The number of rotatable bonds is 2. The van der Waals surface area contributed by atoms with Crippen molar-refractivity contribution >= 4 is 34.6 Å². The molecule has 0 spiro atoms. The Kier molecular flexibility index (Phi) is 3.02. The molecule has 2 aromatic heterocycles. The van der Waals surface area contributed by atoms with Crippen molar-refractivity contribution in [3.63, 3.8) is 0 Å². The molecule has 1 saturated heterocycles. The highest BCUT2D eigenvalue weighted by molar-refractivity contribution is 7.99. The molecule has 0 unspecified atom stereocenters. The Balaban J connectivity index is 2.17. The number of aryl methyl sites for hydroxylation is 1. The normalized spacial score (nSPS) is 15.9. The van der Waals surface area contributed by atoms with Gasteiger partial charge in [-0.1, -0.05) is 0 Å². The van der Waals surface area contributed by atoms with Crippen molar-refractivity contribution in [3.05, 3.63) is 12.0 Å². The molecule has 0 amide bonds. The standard InChI is InChI=1S/C11H13N5O2S/c1-15-9-7(6-12-15)10(14-8(13-9)11(17)18)16-2-4-19-5-3-16/h6H,2-5H2,1H3,(H,17,18). The van der Waals surface area contributed by atoms with Gasteiger partial charge in [0.25, 0.3) is 0 Å². The Morgan fingerprint density at radius 1 is 1.37 bits per heavy atom. The summed E-state index contributed by atoms with van der Waals surface area (Å²) in [6, 6.07) is 0. The van der Waals surface area contributed by atoms with Crippen LogP contribution in [-0.4, -0.2) is 55.4 Å². The first-order chi connectivity index (χ1) is 9.16. The minimum absolute atomic E-state index is 0.177. The van der Waals surface area contributed by atoms with E-state index in [9.17, 15) is 4.79 Å². The molecule has 1 N–H and O–H groups in total. The molecule has 0 aromatic carbocycles. The summed E-state index contributed by atoms with van der Waals surface area (Å²) in [4.78, 5) is 21.5. The maximum Gasteiger partial charge on any atom is 0.374 e. The molecule has 0 saturated carbocycles. The zero-order chi connectivity index (χ0) is 13.4. The van der Waals surface area contributed by atoms with Crippen LogP contribution in [0.25, 0.3) is 11.0 Å². The van der Waals surface area contributed by atoms with Gasteiger partial charge in [-0.25, -0.2) is 14.8 Å². The Labute approximate surface area is 113 Å². The van der Waals surface area contributed by atoms with Crippen LogP contribution in [0.2, 0.25) is 0 Å². The summed E-state index contributed by atoms with van der Waals surface area (Å²) >= 11 is 1.89. The highest BCUT2D eigenvalue weighted by Gasteiger charge is 2.21. The minimum Gasteiger partial charge on any atom is -0.475 e. The maximum absolute atomic E-state index is 11.1. The number of aromatic nitrogens is 4. The van der Waals surface area contributed by atoms with Gasteiger partial charge in [0.05, 0.1) is 11.6 Å². The zero-order valence-corrected chi connectivity index (χ0v) is 11.2. The first-order valence-electron chi connectivity index (χ1n) is 5.92. The lowest BCUT2D eigenvalue weighted by molar-refractivity contribution is 0.0684. The predicted molar refractivity (Wildman–Crippen MR) is 72.8 cm³/mol. The third-order valence-corrected chi connectivity index (χ3v) is 4.02. The summed E-state index contributed by atoms with van der Waals surface area (Å²) in [6.07, 6.45) is 1.69. The van der Waals surface area contributed by atoms with E-state index >= 15 is 0 Å². The lowest BCUT2D eigenvalue weighted by Crippen LogP contribution is -2.33. The number of carbonyl (C=O) groups is 1. The second kappa shape index (κ2) is 4.69. The van der Waals surface area contributed by atoms with Crippen LogP contribution >= 0.6 is 11.8 Å². The lowest BCUT2D eigenvalue weighted by atomic mass is 10.3. The Morgan fingerprint density at radius 3 is 2.79 bits per heavy atom. The van der Waals surface area contributed by atoms with Crippen molar-refractivity contribution in [1.82, 2.24) is 19.7 Å². The van der Waals surface area contributed by atoms with Gasteiger partial charge in [0, 0.05) is 31.6 Å². The number of carboxylic acids is 1. The van der Waals surface area contributed by atoms with Gasteiger partial charge in [0.1, 0.15) is 5.82 Å². The zero-order valence-electron chi connectivity index (χ0n) is 10.4. The van der Waals surface area contributed by atoms with E-state index in [2.05, 4.69) is 20.0 Å². The third kappa shape index (κ3) is 2.12. The summed E-state index contributed by atoms with van der Waals surface area (Å²) in [6.45, 7) is 1.73. The van der Waals surface area contributed by atoms with E-state index in [0.29, 0.717) is 11.5 Å². The van der Waals surface area contributed by atoms with Gasteiger partial charge in [-0.15, -0.1) is 0 Å². The SMILES string of the molecule is Cn1ncc2c(N3CCSCC3)nc(C(=O)O)nc21. The van der Waals surface area contributed by atoms with Crippen LogP contribution in [0.4, 0.5) is 5.82 Å². The van der Waals surface area contributed by atoms with Crippen LogP contribution in [0.3, 0.4) is 0 Å². The number of nitrogens with zero attached hydrogens (tertiary/aromatic N) is 5. The fourth-order valence-electron chi connectivity index (χ4n) is 2.12. The number of aromatic carboxylic acids is 1. The molecule has 0 atom stereocenters. The number of carboxylic acid groups (broad SMARTS) is 1. The van der Waals surface area contributed by atoms with E-state index in [-0.39, 0.29) is 5.82 Å². The predicted octanol–water partition coefficient (Wildman–Crippen LogP) is 0.615. The Bertz CT molecular complexity index is 635. The van der Waals surface area contributed by atoms with E-state index in [1.54, 1.807) is 17.9 Å². The summed E-state index contributed by atoms with van der Waals surface area (Å²) in [5.41, 5.74) is 0.556. The molecule has 8 heteroatoms. The summed E-state index contributed by atoms with van der Waals surface area (Å²) in [5, 5.41) is 14.1. The summed E-state index contributed by atoms with van der Waals surface area (Å²) in [7, 11) is 1.75. The smallest absolute Gasteiger partial charge is 0.374 e. The van der Waals surface area contributed by atoms with Gasteiger partial charge >= 0.3 is 5.97 Å². The summed E-state index contributed by atoms with van der Waals surface area (Å²) in [5.74, 6) is 1.43. The van der Waals surface area contributed by atoms with Crippen molar-refractivity contribution in [3.8, 4) is 0 Å². The van der Waals surface area contributed by atoms with E-state index in [1.807, 2.05) is 11.8 Å². The van der Waals surface area contributed by atoms with Crippen LogP contribution < -0.4 is 4.90 Å². The molecule has 3 heterocycles. The number of anilines is 1. The van der Waals surface area contributed by atoms with Crippen LogP contribution in [0.5, 0.6) is 0 Å². The molecule has 1 fully saturated rings. The number of hydrogen-bond donors (Lipinski definition) is 1. The average molecular weight is 279 g/mol. The summed E-state index contributed by atoms with van der Waals surface area (Å²) < 4.78 is 1.58. The van der Waals surface area contributed by atoms with Gasteiger partial charge in [0.15, 0.2) is 5.65 Å². The molecule has 100 valence electrons. The molecular weight excluding hydrogens is 266 g/mol. The van der Waals surface area contributed by atoms with Crippen molar-refractivity contribution in [2.45, 2.75) is 0 Å². The number of thioether (sulfide) groups is 1. The average Bonchev–Trinajstić information content (AvgIpc) is 2.80. The lowest BCUT2D eigenvalue weighted by Gasteiger charge is -2.27. The molecule has 1 aliphatic heterocycles. The number of fused-ring (bicyclic) bond motifs is 1. The molecule has 1 aliphatic rings. The topological polar surface area (TPSA) is 84.1 Å². The molecule has 19 heavy (non-hydrogen) atoms.